The number of nitrogens with one attached hydrogen (secondary N) is 1. The van der Waals surface area contributed by atoms with E-state index < -0.39 is 0 Å². The smallest absolute Gasteiger partial charge is 0.0992 e. The Labute approximate surface area is 102 Å². The molecule has 1 heterocycles. The fourth-order valence-electron chi connectivity index (χ4n) is 2.06. The second-order valence-corrected chi connectivity index (χ2v) is 4.97. The van der Waals surface area contributed by atoms with E-state index >= 15 is 0 Å². The lowest BCUT2D eigenvalue weighted by atomic mass is 9.82. The lowest BCUT2D eigenvalue weighted by molar-refractivity contribution is 0.0300. The van der Waals surface area contributed by atoms with Crippen molar-refractivity contribution in [1.82, 2.24) is 0 Å². The van der Waals surface area contributed by atoms with Gasteiger partial charge in [-0.15, -0.1) is 0 Å². The molecular formula is C14H18N2O. The first-order valence-electron chi connectivity index (χ1n) is 6.04. The fraction of sp³-hybridized carbons (Fsp3) is 0.500. The van der Waals surface area contributed by atoms with E-state index in [0.29, 0.717) is 11.0 Å². The minimum absolute atomic E-state index is 0.306. The van der Waals surface area contributed by atoms with Crippen molar-refractivity contribution in [2.45, 2.75) is 19.8 Å². The summed E-state index contributed by atoms with van der Waals surface area (Å²) in [6, 6.07) is 9.78. The molecule has 90 valence electrons. The first kappa shape index (κ1) is 11.9. The number of benzene rings is 1. The highest BCUT2D eigenvalue weighted by Gasteiger charge is 2.26. The minimum atomic E-state index is 0.306. The van der Waals surface area contributed by atoms with E-state index in [9.17, 15) is 0 Å². The largest absolute Gasteiger partial charge is 0.384 e. The van der Waals surface area contributed by atoms with E-state index in [-0.39, 0.29) is 0 Å². The van der Waals surface area contributed by atoms with Crippen LogP contribution in [-0.4, -0.2) is 19.8 Å². The van der Waals surface area contributed by atoms with Crippen molar-refractivity contribution in [3.8, 4) is 6.07 Å². The summed E-state index contributed by atoms with van der Waals surface area (Å²) in [5.41, 5.74) is 2.03. The van der Waals surface area contributed by atoms with Crippen LogP contribution in [0.25, 0.3) is 0 Å². The van der Waals surface area contributed by atoms with E-state index in [1.807, 2.05) is 24.3 Å². The van der Waals surface area contributed by atoms with Crippen molar-refractivity contribution in [3.05, 3.63) is 29.8 Å². The molecule has 3 heteroatoms. The number of hydrogen-bond acceptors (Lipinski definition) is 3. The van der Waals surface area contributed by atoms with Crippen molar-refractivity contribution in [3.63, 3.8) is 0 Å². The van der Waals surface area contributed by atoms with Gasteiger partial charge >= 0.3 is 0 Å². The van der Waals surface area contributed by atoms with Crippen LogP contribution < -0.4 is 5.32 Å². The minimum Gasteiger partial charge on any atom is -0.384 e. The molecule has 0 saturated carbocycles. The Morgan fingerprint density at radius 2 is 2.18 bits per heavy atom. The maximum absolute atomic E-state index is 8.84. The zero-order valence-corrected chi connectivity index (χ0v) is 10.2. The first-order valence-corrected chi connectivity index (χ1v) is 6.04. The van der Waals surface area contributed by atoms with E-state index in [2.05, 4.69) is 18.3 Å². The molecule has 17 heavy (non-hydrogen) atoms. The molecule has 1 saturated heterocycles. The van der Waals surface area contributed by atoms with Crippen LogP contribution in [0.1, 0.15) is 25.3 Å². The Bertz CT molecular complexity index is 416. The quantitative estimate of drug-likeness (QED) is 0.868. The highest BCUT2D eigenvalue weighted by molar-refractivity contribution is 5.49. The van der Waals surface area contributed by atoms with Crippen LogP contribution in [0, 0.1) is 16.7 Å². The monoisotopic (exact) mass is 230 g/mol. The van der Waals surface area contributed by atoms with Crippen LogP contribution in [0.5, 0.6) is 0 Å². The van der Waals surface area contributed by atoms with Gasteiger partial charge in [-0.25, -0.2) is 0 Å². The van der Waals surface area contributed by atoms with Gasteiger partial charge in [0.1, 0.15) is 0 Å². The van der Waals surface area contributed by atoms with Crippen LogP contribution in [0.4, 0.5) is 5.69 Å². The first-order chi connectivity index (χ1) is 8.22. The van der Waals surface area contributed by atoms with Gasteiger partial charge in [0.25, 0.3) is 0 Å². The van der Waals surface area contributed by atoms with Gasteiger partial charge in [0, 0.05) is 25.4 Å². The van der Waals surface area contributed by atoms with Gasteiger partial charge in [0.15, 0.2) is 0 Å². The second kappa shape index (κ2) is 5.20. The van der Waals surface area contributed by atoms with E-state index in [0.717, 1.165) is 38.3 Å². The Kier molecular flexibility index (Phi) is 3.65. The molecule has 1 aromatic rings. The number of ether oxygens (including phenoxy) is 1. The highest BCUT2D eigenvalue weighted by atomic mass is 16.5. The van der Waals surface area contributed by atoms with Gasteiger partial charge in [-0.05, 0) is 36.5 Å². The summed E-state index contributed by atoms with van der Waals surface area (Å²) in [6.45, 7) is 4.94. The molecule has 0 unspecified atom stereocenters. The summed E-state index contributed by atoms with van der Waals surface area (Å²) in [5, 5.41) is 12.3. The summed E-state index contributed by atoms with van der Waals surface area (Å²) < 4.78 is 5.38. The Morgan fingerprint density at radius 1 is 1.41 bits per heavy atom. The van der Waals surface area contributed by atoms with Crippen LogP contribution in [0.2, 0.25) is 0 Å². The molecule has 0 bridgehead atoms. The van der Waals surface area contributed by atoms with Gasteiger partial charge in [0.2, 0.25) is 0 Å². The maximum atomic E-state index is 8.84. The van der Waals surface area contributed by atoms with Crippen LogP contribution in [0.15, 0.2) is 24.3 Å². The van der Waals surface area contributed by atoms with Crippen LogP contribution in [-0.2, 0) is 4.74 Å². The lowest BCUT2D eigenvalue weighted by Gasteiger charge is -2.33. The second-order valence-electron chi connectivity index (χ2n) is 4.97. The molecule has 2 rings (SSSR count). The normalized spacial score (nSPS) is 18.4. The van der Waals surface area contributed by atoms with Crippen molar-refractivity contribution in [1.29, 1.82) is 5.26 Å². The lowest BCUT2D eigenvalue weighted by Crippen LogP contribution is -2.33. The number of hydrogen-bond donors (Lipinski definition) is 1. The molecule has 0 atom stereocenters. The fourth-order valence-corrected chi connectivity index (χ4v) is 2.06. The maximum Gasteiger partial charge on any atom is 0.0992 e. The van der Waals surface area contributed by atoms with Gasteiger partial charge in [0.05, 0.1) is 11.6 Å². The van der Waals surface area contributed by atoms with E-state index in [4.69, 9.17) is 10.00 Å². The molecule has 0 amide bonds. The molecule has 0 radical (unpaired) electrons. The molecule has 1 aromatic carbocycles. The average molecular weight is 230 g/mol. The zero-order valence-electron chi connectivity index (χ0n) is 10.2. The van der Waals surface area contributed by atoms with Gasteiger partial charge in [-0.2, -0.15) is 5.26 Å². The third-order valence-electron chi connectivity index (χ3n) is 3.41. The van der Waals surface area contributed by atoms with Crippen LogP contribution in [0.3, 0.4) is 0 Å². The summed E-state index contributed by atoms with van der Waals surface area (Å²) >= 11 is 0. The Balaban J connectivity index is 1.95. The number of nitrogens with zero attached hydrogens (tertiary/aromatic N) is 1. The summed E-state index contributed by atoms with van der Waals surface area (Å²) in [4.78, 5) is 0. The standard InChI is InChI=1S/C14H18N2O/c1-14(5-7-17-8-6-14)11-16-13-4-2-3-12(9-13)10-15/h2-4,9,16H,5-8,11H2,1H3. The van der Waals surface area contributed by atoms with Gasteiger partial charge in [-0.3, -0.25) is 0 Å². The predicted molar refractivity (Wildman–Crippen MR) is 67.8 cm³/mol. The molecular weight excluding hydrogens is 212 g/mol. The Hall–Kier alpha value is -1.53. The molecule has 3 nitrogen and oxygen atoms in total. The molecule has 0 aliphatic carbocycles. The molecule has 1 aliphatic heterocycles. The number of anilines is 1. The van der Waals surface area contributed by atoms with Crippen molar-refractivity contribution >= 4 is 5.69 Å². The predicted octanol–water partition coefficient (Wildman–Crippen LogP) is 2.79. The molecule has 1 aliphatic rings. The molecule has 1 fully saturated rings. The van der Waals surface area contributed by atoms with Gasteiger partial charge < -0.3 is 10.1 Å². The SMILES string of the molecule is CC1(CNc2cccc(C#N)c2)CCOCC1. The van der Waals surface area contributed by atoms with Crippen LogP contribution >= 0.6 is 0 Å². The summed E-state index contributed by atoms with van der Waals surface area (Å²) in [7, 11) is 0. The van der Waals surface area contributed by atoms with Crippen molar-refractivity contribution in [2.24, 2.45) is 5.41 Å². The summed E-state index contributed by atoms with van der Waals surface area (Å²) in [6.07, 6.45) is 2.19. The van der Waals surface area contributed by atoms with E-state index in [1.54, 1.807) is 0 Å². The molecule has 1 N–H and O–H groups in total. The third kappa shape index (κ3) is 3.21. The number of rotatable bonds is 3. The van der Waals surface area contributed by atoms with Gasteiger partial charge in [-0.1, -0.05) is 13.0 Å². The van der Waals surface area contributed by atoms with Crippen molar-refractivity contribution in [2.75, 3.05) is 25.1 Å². The van der Waals surface area contributed by atoms with E-state index in [1.165, 1.54) is 0 Å². The number of nitriles is 1. The third-order valence-corrected chi connectivity index (χ3v) is 3.41. The highest BCUT2D eigenvalue weighted by Crippen LogP contribution is 2.29. The topological polar surface area (TPSA) is 45.0 Å². The average Bonchev–Trinajstić information content (AvgIpc) is 2.38. The zero-order chi connectivity index (χ0) is 12.1. The van der Waals surface area contributed by atoms with Crippen molar-refractivity contribution < 1.29 is 4.74 Å². The summed E-state index contributed by atoms with van der Waals surface area (Å²) in [5.74, 6) is 0. The Morgan fingerprint density at radius 3 is 2.88 bits per heavy atom. The molecule has 0 spiro atoms. The molecule has 0 aromatic heterocycles.